The zero-order valence-electron chi connectivity index (χ0n) is 6.29. The van der Waals surface area contributed by atoms with Gasteiger partial charge in [0.1, 0.15) is 4.16 Å². The number of hydrogen-bond acceptors (Lipinski definition) is 2. The van der Waals surface area contributed by atoms with Gasteiger partial charge in [0.05, 0.1) is 0 Å². The van der Waals surface area contributed by atoms with Gasteiger partial charge in [-0.2, -0.15) is 0 Å². The Morgan fingerprint density at radius 1 is 1.42 bits per heavy atom. The quantitative estimate of drug-likeness (QED) is 0.651. The van der Waals surface area contributed by atoms with Crippen molar-refractivity contribution in [2.24, 2.45) is 0 Å². The summed E-state index contributed by atoms with van der Waals surface area (Å²) in [6.45, 7) is 0. The number of carbonyl (C=O) groups excluding carboxylic acids is 1. The molecule has 1 unspecified atom stereocenters. The smallest absolute Gasteiger partial charge is 0.161 e. The summed E-state index contributed by atoms with van der Waals surface area (Å²) in [6.07, 6.45) is 0.569. The van der Waals surface area contributed by atoms with E-state index in [1.54, 1.807) is 11.8 Å². The van der Waals surface area contributed by atoms with Crippen LogP contribution in [0.25, 0.3) is 0 Å². The third-order valence-corrected chi connectivity index (χ3v) is 4.01. The Hall–Kier alpha value is -0.280. The van der Waals surface area contributed by atoms with Crippen molar-refractivity contribution in [2.45, 2.75) is 15.5 Å². The summed E-state index contributed by atoms with van der Waals surface area (Å²) in [5, 5.41) is 0. The van der Waals surface area contributed by atoms with Gasteiger partial charge in [0, 0.05) is 11.3 Å². The first-order valence-electron chi connectivity index (χ1n) is 3.69. The lowest BCUT2D eigenvalue weighted by molar-refractivity contribution is -0.116. The predicted molar refractivity (Wildman–Crippen MR) is 53.7 cm³/mol. The molecule has 0 amide bonds. The van der Waals surface area contributed by atoms with Gasteiger partial charge in [-0.25, -0.2) is 0 Å². The van der Waals surface area contributed by atoms with Crippen molar-refractivity contribution >= 4 is 33.5 Å². The molecular formula is C9H7BrOS. The molecule has 0 spiro atoms. The molecule has 0 aromatic heterocycles. The highest BCUT2D eigenvalue weighted by Crippen LogP contribution is 2.35. The van der Waals surface area contributed by atoms with E-state index in [-0.39, 0.29) is 9.94 Å². The van der Waals surface area contributed by atoms with Gasteiger partial charge < -0.3 is 0 Å². The minimum atomic E-state index is -0.0487. The Balaban J connectivity index is 2.40. The Morgan fingerprint density at radius 2 is 2.17 bits per heavy atom. The van der Waals surface area contributed by atoms with Crippen molar-refractivity contribution in [1.29, 1.82) is 0 Å². The molecule has 0 aliphatic carbocycles. The first-order chi connectivity index (χ1) is 5.77. The number of fused-ring (bicyclic) bond motifs is 1. The van der Waals surface area contributed by atoms with E-state index < -0.39 is 0 Å². The molecule has 0 bridgehead atoms. The van der Waals surface area contributed by atoms with Crippen LogP contribution in [0, 0.1) is 0 Å². The van der Waals surface area contributed by atoms with E-state index in [4.69, 9.17) is 0 Å². The molecule has 1 aromatic carbocycles. The van der Waals surface area contributed by atoms with Crippen LogP contribution in [0.1, 0.15) is 5.56 Å². The number of thioether (sulfide) groups is 1. The zero-order valence-corrected chi connectivity index (χ0v) is 8.69. The summed E-state index contributed by atoms with van der Waals surface area (Å²) in [5.41, 5.74) is 1.16. The molecule has 2 rings (SSSR count). The van der Waals surface area contributed by atoms with E-state index >= 15 is 0 Å². The SMILES string of the molecule is O=C1Cc2ccccc2SC1Br. The highest BCUT2D eigenvalue weighted by atomic mass is 79.9. The van der Waals surface area contributed by atoms with E-state index in [0.29, 0.717) is 6.42 Å². The van der Waals surface area contributed by atoms with Crippen LogP contribution in [0.4, 0.5) is 0 Å². The fraction of sp³-hybridized carbons (Fsp3) is 0.222. The number of Topliss-reactive ketones (excluding diaryl/α,β-unsaturated/α-hetero) is 1. The largest absolute Gasteiger partial charge is 0.297 e. The Morgan fingerprint density at radius 3 is 3.00 bits per heavy atom. The lowest BCUT2D eigenvalue weighted by Gasteiger charge is -2.17. The molecule has 0 saturated heterocycles. The third kappa shape index (κ3) is 1.43. The maximum atomic E-state index is 11.3. The summed E-state index contributed by atoms with van der Waals surface area (Å²) >= 11 is 4.92. The van der Waals surface area contributed by atoms with Crippen molar-refractivity contribution in [3.63, 3.8) is 0 Å². The minimum Gasteiger partial charge on any atom is -0.297 e. The number of hydrogen-bond donors (Lipinski definition) is 0. The average molecular weight is 243 g/mol. The Kier molecular flexibility index (Phi) is 2.24. The van der Waals surface area contributed by atoms with Gasteiger partial charge in [0.25, 0.3) is 0 Å². The van der Waals surface area contributed by atoms with Gasteiger partial charge >= 0.3 is 0 Å². The number of ketones is 1. The first kappa shape index (κ1) is 8.32. The monoisotopic (exact) mass is 242 g/mol. The second-order valence-electron chi connectivity index (χ2n) is 2.68. The standard InChI is InChI=1S/C9H7BrOS/c10-9-7(11)5-6-3-1-2-4-8(6)12-9/h1-4,9H,5H2. The summed E-state index contributed by atoms with van der Waals surface area (Å²) in [4.78, 5) is 12.5. The highest BCUT2D eigenvalue weighted by Gasteiger charge is 2.23. The van der Waals surface area contributed by atoms with E-state index in [2.05, 4.69) is 22.0 Å². The molecule has 3 heteroatoms. The van der Waals surface area contributed by atoms with Crippen LogP contribution in [0.15, 0.2) is 29.2 Å². The maximum Gasteiger partial charge on any atom is 0.161 e. The van der Waals surface area contributed by atoms with E-state index in [0.717, 1.165) is 5.56 Å². The fourth-order valence-electron chi connectivity index (χ4n) is 1.21. The van der Waals surface area contributed by atoms with Crippen LogP contribution >= 0.6 is 27.7 Å². The van der Waals surface area contributed by atoms with E-state index in [1.807, 2.05) is 18.2 Å². The molecule has 0 radical (unpaired) electrons. The molecule has 1 aliphatic rings. The Labute approximate surface area is 83.7 Å². The number of rotatable bonds is 0. The van der Waals surface area contributed by atoms with E-state index in [9.17, 15) is 4.79 Å². The molecule has 1 heterocycles. The molecule has 1 nitrogen and oxygen atoms in total. The maximum absolute atomic E-state index is 11.3. The molecule has 1 aromatic rings. The van der Waals surface area contributed by atoms with Crippen LogP contribution in [0.2, 0.25) is 0 Å². The van der Waals surface area contributed by atoms with Gasteiger partial charge in [-0.05, 0) is 11.6 Å². The molecule has 1 aliphatic heterocycles. The highest BCUT2D eigenvalue weighted by molar-refractivity contribution is 9.11. The van der Waals surface area contributed by atoms with Crippen LogP contribution in [0.3, 0.4) is 0 Å². The van der Waals surface area contributed by atoms with Crippen molar-refractivity contribution in [1.82, 2.24) is 0 Å². The lowest BCUT2D eigenvalue weighted by Crippen LogP contribution is -2.18. The summed E-state index contributed by atoms with van der Waals surface area (Å²) in [6, 6.07) is 8.04. The molecule has 1 atom stereocenters. The second kappa shape index (κ2) is 3.23. The fourth-order valence-corrected chi connectivity index (χ4v) is 2.86. The van der Waals surface area contributed by atoms with Crippen LogP contribution in [-0.2, 0) is 11.2 Å². The summed E-state index contributed by atoms with van der Waals surface area (Å²) in [5.74, 6) is 0.263. The van der Waals surface area contributed by atoms with Crippen molar-refractivity contribution in [3.8, 4) is 0 Å². The number of alkyl halides is 1. The number of benzene rings is 1. The first-order valence-corrected chi connectivity index (χ1v) is 5.48. The van der Waals surface area contributed by atoms with Gasteiger partial charge in [0.2, 0.25) is 0 Å². The van der Waals surface area contributed by atoms with Gasteiger partial charge in [-0.3, -0.25) is 4.79 Å². The predicted octanol–water partition coefficient (Wildman–Crippen LogP) is 2.62. The third-order valence-electron chi connectivity index (χ3n) is 1.82. The molecule has 0 saturated carbocycles. The molecule has 12 heavy (non-hydrogen) atoms. The zero-order chi connectivity index (χ0) is 8.55. The number of halogens is 1. The average Bonchev–Trinajstić information content (AvgIpc) is 2.07. The van der Waals surface area contributed by atoms with E-state index in [1.165, 1.54) is 4.90 Å². The van der Waals surface area contributed by atoms with Crippen molar-refractivity contribution in [2.75, 3.05) is 0 Å². The molecule has 0 N–H and O–H groups in total. The number of carbonyl (C=O) groups is 1. The minimum absolute atomic E-state index is 0.0487. The second-order valence-corrected chi connectivity index (χ2v) is 5.35. The topological polar surface area (TPSA) is 17.1 Å². The lowest BCUT2D eigenvalue weighted by atomic mass is 10.1. The van der Waals surface area contributed by atoms with Gasteiger partial charge in [-0.1, -0.05) is 34.1 Å². The Bertz CT molecular complexity index is 324. The molecular weight excluding hydrogens is 236 g/mol. The summed E-state index contributed by atoms with van der Waals surface area (Å²) < 4.78 is -0.0487. The van der Waals surface area contributed by atoms with Crippen LogP contribution < -0.4 is 0 Å². The van der Waals surface area contributed by atoms with Gasteiger partial charge in [-0.15, -0.1) is 11.8 Å². The molecule has 0 fully saturated rings. The van der Waals surface area contributed by atoms with Crippen molar-refractivity contribution in [3.05, 3.63) is 29.8 Å². The van der Waals surface area contributed by atoms with Gasteiger partial charge in [0.15, 0.2) is 5.78 Å². The molecule has 62 valence electrons. The normalized spacial score (nSPS) is 22.1. The van der Waals surface area contributed by atoms with Crippen molar-refractivity contribution < 1.29 is 4.79 Å². The van der Waals surface area contributed by atoms with Crippen LogP contribution in [-0.4, -0.2) is 9.94 Å². The summed E-state index contributed by atoms with van der Waals surface area (Å²) in [7, 11) is 0. The van der Waals surface area contributed by atoms with Crippen LogP contribution in [0.5, 0.6) is 0 Å².